The first-order chi connectivity index (χ1) is 12.2. The van der Waals surface area contributed by atoms with E-state index in [1.54, 1.807) is 0 Å². The monoisotopic (exact) mass is 479 g/mol. The maximum Gasteiger partial charge on any atom is 0.191 e. The van der Waals surface area contributed by atoms with Gasteiger partial charge in [0.05, 0.1) is 0 Å². The molecule has 2 bridgehead atoms. The fourth-order valence-corrected chi connectivity index (χ4v) is 4.75. The van der Waals surface area contributed by atoms with Gasteiger partial charge in [0.25, 0.3) is 0 Å². The highest BCUT2D eigenvalue weighted by Gasteiger charge is 2.33. The molecule has 7 heteroatoms. The van der Waals surface area contributed by atoms with Crippen LogP contribution in [0.25, 0.3) is 0 Å². The summed E-state index contributed by atoms with van der Waals surface area (Å²) < 4.78 is 0. The van der Waals surface area contributed by atoms with Gasteiger partial charge < -0.3 is 15.7 Å². The number of aliphatic hydroxyl groups excluding tert-OH is 1. The SMILES string of the molecule is CCNC(=NCC1(CCO)CCCCC1)NCC1CN2CCN1CC2.I. The van der Waals surface area contributed by atoms with Crippen molar-refractivity contribution in [2.75, 3.05) is 59.0 Å². The van der Waals surface area contributed by atoms with E-state index in [1.165, 1.54) is 64.8 Å². The summed E-state index contributed by atoms with van der Waals surface area (Å²) in [5.41, 5.74) is 0.217. The number of guanidine groups is 1. The molecule has 0 aromatic heterocycles. The zero-order chi connectivity index (χ0) is 17.5. The summed E-state index contributed by atoms with van der Waals surface area (Å²) in [6.45, 7) is 11.2. The second-order valence-electron chi connectivity index (χ2n) is 8.10. The Morgan fingerprint density at radius 1 is 1.12 bits per heavy atom. The van der Waals surface area contributed by atoms with Crippen LogP contribution in [-0.4, -0.2) is 85.9 Å². The molecule has 4 rings (SSSR count). The number of aliphatic hydroxyl groups is 1. The molecular formula is C19H38IN5O. The molecule has 0 amide bonds. The van der Waals surface area contributed by atoms with Crippen LogP contribution in [0.1, 0.15) is 45.4 Å². The van der Waals surface area contributed by atoms with E-state index in [1.807, 2.05) is 0 Å². The smallest absolute Gasteiger partial charge is 0.191 e. The summed E-state index contributed by atoms with van der Waals surface area (Å²) in [7, 11) is 0. The molecule has 0 spiro atoms. The third kappa shape index (κ3) is 5.94. The molecule has 0 aromatic rings. The quantitative estimate of drug-likeness (QED) is 0.294. The number of hydrogen-bond donors (Lipinski definition) is 3. The maximum atomic E-state index is 9.50. The van der Waals surface area contributed by atoms with E-state index in [4.69, 9.17) is 4.99 Å². The second-order valence-corrected chi connectivity index (χ2v) is 8.10. The van der Waals surface area contributed by atoms with Crippen molar-refractivity contribution in [3.63, 3.8) is 0 Å². The van der Waals surface area contributed by atoms with E-state index >= 15 is 0 Å². The molecule has 3 saturated heterocycles. The molecule has 1 saturated carbocycles. The Morgan fingerprint density at radius 2 is 1.85 bits per heavy atom. The van der Waals surface area contributed by atoms with Gasteiger partial charge in [-0.05, 0) is 31.6 Å². The summed E-state index contributed by atoms with van der Waals surface area (Å²) >= 11 is 0. The van der Waals surface area contributed by atoms with Gasteiger partial charge in [-0.1, -0.05) is 19.3 Å². The molecule has 3 aliphatic heterocycles. The van der Waals surface area contributed by atoms with Crippen LogP contribution in [0, 0.1) is 5.41 Å². The predicted octanol–water partition coefficient (Wildman–Crippen LogP) is 1.49. The van der Waals surface area contributed by atoms with E-state index in [0.717, 1.165) is 32.0 Å². The van der Waals surface area contributed by atoms with Crippen LogP contribution >= 0.6 is 24.0 Å². The highest BCUT2D eigenvalue weighted by atomic mass is 127. The molecule has 152 valence electrons. The van der Waals surface area contributed by atoms with Crippen LogP contribution in [0.2, 0.25) is 0 Å². The van der Waals surface area contributed by atoms with E-state index in [0.29, 0.717) is 6.04 Å². The van der Waals surface area contributed by atoms with Crippen LogP contribution in [-0.2, 0) is 0 Å². The summed E-state index contributed by atoms with van der Waals surface area (Å²) in [6, 6.07) is 0.604. The van der Waals surface area contributed by atoms with Gasteiger partial charge >= 0.3 is 0 Å². The fourth-order valence-electron chi connectivity index (χ4n) is 4.75. The van der Waals surface area contributed by atoms with E-state index < -0.39 is 0 Å². The van der Waals surface area contributed by atoms with Gasteiger partial charge in [-0.2, -0.15) is 0 Å². The van der Waals surface area contributed by atoms with Crippen molar-refractivity contribution in [1.29, 1.82) is 0 Å². The number of nitrogens with one attached hydrogen (secondary N) is 2. The van der Waals surface area contributed by atoms with Gasteiger partial charge in [-0.25, -0.2) is 0 Å². The third-order valence-electron chi connectivity index (χ3n) is 6.37. The van der Waals surface area contributed by atoms with Crippen LogP contribution < -0.4 is 10.6 Å². The lowest BCUT2D eigenvalue weighted by atomic mass is 9.72. The highest BCUT2D eigenvalue weighted by molar-refractivity contribution is 14.0. The molecule has 3 N–H and O–H groups in total. The van der Waals surface area contributed by atoms with E-state index in [-0.39, 0.29) is 36.0 Å². The first kappa shape index (κ1) is 22.2. The molecule has 4 aliphatic rings. The van der Waals surface area contributed by atoms with Gasteiger partial charge in [-0.15, -0.1) is 24.0 Å². The van der Waals surface area contributed by atoms with Crippen molar-refractivity contribution in [2.24, 2.45) is 10.4 Å². The molecule has 1 unspecified atom stereocenters. The number of piperazine rings is 3. The van der Waals surface area contributed by atoms with Gasteiger partial charge in [0.15, 0.2) is 5.96 Å². The van der Waals surface area contributed by atoms with Crippen molar-refractivity contribution in [3.8, 4) is 0 Å². The number of aliphatic imine (C=N–C) groups is 1. The van der Waals surface area contributed by atoms with Crippen molar-refractivity contribution < 1.29 is 5.11 Å². The lowest BCUT2D eigenvalue weighted by molar-refractivity contribution is 0.0154. The predicted molar refractivity (Wildman–Crippen MR) is 118 cm³/mol. The number of hydrogen-bond acceptors (Lipinski definition) is 4. The third-order valence-corrected chi connectivity index (χ3v) is 6.37. The molecule has 4 fully saturated rings. The number of halogens is 1. The Labute approximate surface area is 176 Å². The van der Waals surface area contributed by atoms with Crippen LogP contribution in [0.3, 0.4) is 0 Å². The van der Waals surface area contributed by atoms with Crippen molar-refractivity contribution >= 4 is 29.9 Å². The van der Waals surface area contributed by atoms with Gasteiger partial charge in [-0.3, -0.25) is 14.8 Å². The number of nitrogens with zero attached hydrogens (tertiary/aromatic N) is 3. The average molecular weight is 479 g/mol. The van der Waals surface area contributed by atoms with Gasteiger partial charge in [0, 0.05) is 65.0 Å². The van der Waals surface area contributed by atoms with Gasteiger partial charge in [0.1, 0.15) is 0 Å². The molecule has 0 radical (unpaired) electrons. The Morgan fingerprint density at radius 3 is 2.42 bits per heavy atom. The summed E-state index contributed by atoms with van der Waals surface area (Å²) in [6.07, 6.45) is 7.22. The van der Waals surface area contributed by atoms with Crippen molar-refractivity contribution in [2.45, 2.75) is 51.5 Å². The van der Waals surface area contributed by atoms with Gasteiger partial charge in [0.2, 0.25) is 0 Å². The first-order valence-electron chi connectivity index (χ1n) is 10.3. The standard InChI is InChI=1S/C19H37N5O.HI/c1-2-20-18(21-14-17-15-23-9-11-24(17)12-10-23)22-16-19(8-13-25)6-4-3-5-7-19;/h17,25H,2-16H2,1H3,(H2,20,21,22);1H. The topological polar surface area (TPSA) is 63.1 Å². The molecule has 0 aromatic carbocycles. The lowest BCUT2D eigenvalue weighted by Crippen LogP contribution is -2.63. The highest BCUT2D eigenvalue weighted by Crippen LogP contribution is 2.39. The Bertz CT molecular complexity index is 428. The van der Waals surface area contributed by atoms with Crippen LogP contribution in [0.5, 0.6) is 0 Å². The zero-order valence-electron chi connectivity index (χ0n) is 16.4. The average Bonchev–Trinajstić information content (AvgIpc) is 2.66. The molecule has 26 heavy (non-hydrogen) atoms. The molecule has 6 nitrogen and oxygen atoms in total. The van der Waals surface area contributed by atoms with E-state index in [9.17, 15) is 5.11 Å². The molecule has 1 aliphatic carbocycles. The lowest BCUT2D eigenvalue weighted by Gasteiger charge is -2.47. The minimum Gasteiger partial charge on any atom is -0.396 e. The Hall–Kier alpha value is -0.120. The Kier molecular flexibility index (Phi) is 9.40. The number of rotatable bonds is 7. The summed E-state index contributed by atoms with van der Waals surface area (Å²) in [5.74, 6) is 0.947. The summed E-state index contributed by atoms with van der Waals surface area (Å²) in [4.78, 5) is 10.1. The molecule has 1 atom stereocenters. The normalized spacial score (nSPS) is 30.5. The molecular weight excluding hydrogens is 441 g/mol. The van der Waals surface area contributed by atoms with E-state index in [2.05, 4.69) is 27.4 Å². The second kappa shape index (κ2) is 11.0. The summed E-state index contributed by atoms with van der Waals surface area (Å²) in [5, 5.41) is 16.5. The maximum absolute atomic E-state index is 9.50. The zero-order valence-corrected chi connectivity index (χ0v) is 18.7. The minimum absolute atomic E-state index is 0. The number of fused-ring (bicyclic) bond motifs is 3. The van der Waals surface area contributed by atoms with Crippen molar-refractivity contribution in [3.05, 3.63) is 0 Å². The Balaban J connectivity index is 0.00000243. The fraction of sp³-hybridized carbons (Fsp3) is 0.947. The molecule has 3 heterocycles. The van der Waals surface area contributed by atoms with Crippen LogP contribution in [0.4, 0.5) is 0 Å². The van der Waals surface area contributed by atoms with Crippen molar-refractivity contribution in [1.82, 2.24) is 20.4 Å². The largest absolute Gasteiger partial charge is 0.396 e. The van der Waals surface area contributed by atoms with Crippen LogP contribution in [0.15, 0.2) is 4.99 Å². The first-order valence-corrected chi connectivity index (χ1v) is 10.3. The minimum atomic E-state index is 0.